The Kier molecular flexibility index (Phi) is 11.1. The molecule has 4 atom stereocenters. The van der Waals surface area contributed by atoms with E-state index >= 15 is 0 Å². The van der Waals surface area contributed by atoms with Crippen LogP contribution < -0.4 is 0 Å². The molecule has 3 rings (SSSR count). The Bertz CT molecular complexity index is 722. The summed E-state index contributed by atoms with van der Waals surface area (Å²) in [5.41, 5.74) is 1.42. The molecule has 1 heteroatoms. The van der Waals surface area contributed by atoms with Gasteiger partial charge in [0.25, 0.3) is 0 Å². The number of furan rings is 1. The molecule has 208 valence electrons. The van der Waals surface area contributed by atoms with Crippen LogP contribution in [0.4, 0.5) is 0 Å². The SMILES string of the molecule is CCC(C)CC(C)(CCC1CCCC(C(C)(C)CC(C)(C)CCCc2ccco2)C1)C1CCCCC1. The second-order valence-corrected chi connectivity index (χ2v) is 15.2. The first kappa shape index (κ1) is 29.8. The summed E-state index contributed by atoms with van der Waals surface area (Å²) in [4.78, 5) is 0. The Labute approximate surface area is 226 Å². The van der Waals surface area contributed by atoms with Crippen molar-refractivity contribution in [2.24, 2.45) is 39.9 Å². The van der Waals surface area contributed by atoms with Crippen LogP contribution in [0.1, 0.15) is 157 Å². The molecule has 2 aliphatic rings. The molecule has 1 heterocycles. The highest BCUT2D eigenvalue weighted by molar-refractivity contribution is 4.98. The highest BCUT2D eigenvalue weighted by Gasteiger charge is 2.40. The number of rotatable bonds is 14. The van der Waals surface area contributed by atoms with E-state index in [0.29, 0.717) is 16.2 Å². The molecule has 0 aromatic carbocycles. The standard InChI is InChI=1S/C35H62O/c1-8-28(2)26-35(7,30-16-10-9-11-17-30)23-21-29-15-12-18-31(25-29)34(5,6)27-33(3,4)22-13-19-32-20-14-24-36-32/h14,20,24,28-31H,8-13,15-19,21-23,25-27H2,1-7H3. The summed E-state index contributed by atoms with van der Waals surface area (Å²) in [6, 6.07) is 4.15. The van der Waals surface area contributed by atoms with Crippen LogP contribution in [0.25, 0.3) is 0 Å². The molecule has 2 fully saturated rings. The maximum Gasteiger partial charge on any atom is 0.103 e. The lowest BCUT2D eigenvalue weighted by Gasteiger charge is -2.46. The van der Waals surface area contributed by atoms with E-state index in [0.717, 1.165) is 35.9 Å². The fourth-order valence-corrected chi connectivity index (χ4v) is 8.67. The van der Waals surface area contributed by atoms with Crippen LogP contribution in [0.2, 0.25) is 0 Å². The summed E-state index contributed by atoms with van der Waals surface area (Å²) in [6.07, 6.45) is 25.9. The van der Waals surface area contributed by atoms with Gasteiger partial charge in [0.05, 0.1) is 6.26 Å². The summed E-state index contributed by atoms with van der Waals surface area (Å²) in [6.45, 7) is 17.8. The van der Waals surface area contributed by atoms with Gasteiger partial charge in [-0.25, -0.2) is 0 Å². The van der Waals surface area contributed by atoms with Crippen molar-refractivity contribution in [3.63, 3.8) is 0 Å². The van der Waals surface area contributed by atoms with Crippen molar-refractivity contribution in [1.29, 1.82) is 0 Å². The third-order valence-electron chi connectivity index (χ3n) is 10.9. The third kappa shape index (κ3) is 8.94. The fraction of sp³-hybridized carbons (Fsp3) is 0.886. The second kappa shape index (κ2) is 13.4. The zero-order chi connectivity index (χ0) is 26.2. The smallest absolute Gasteiger partial charge is 0.103 e. The van der Waals surface area contributed by atoms with Crippen molar-refractivity contribution in [2.75, 3.05) is 0 Å². The van der Waals surface area contributed by atoms with Crippen LogP contribution in [-0.2, 0) is 6.42 Å². The average Bonchev–Trinajstić information content (AvgIpc) is 3.36. The Morgan fingerprint density at radius 3 is 2.31 bits per heavy atom. The van der Waals surface area contributed by atoms with E-state index in [1.165, 1.54) is 103 Å². The van der Waals surface area contributed by atoms with Crippen molar-refractivity contribution in [1.82, 2.24) is 0 Å². The van der Waals surface area contributed by atoms with Gasteiger partial charge in [0.2, 0.25) is 0 Å². The predicted octanol–water partition coefficient (Wildman–Crippen LogP) is 11.7. The molecule has 0 saturated heterocycles. The minimum absolute atomic E-state index is 0.402. The first-order valence-corrected chi connectivity index (χ1v) is 16.1. The van der Waals surface area contributed by atoms with Gasteiger partial charge in [-0.1, -0.05) is 87.0 Å². The molecule has 0 aliphatic heterocycles. The lowest BCUT2D eigenvalue weighted by molar-refractivity contribution is 0.0513. The maximum absolute atomic E-state index is 5.57. The Hall–Kier alpha value is -0.720. The van der Waals surface area contributed by atoms with Gasteiger partial charge < -0.3 is 4.42 Å². The van der Waals surface area contributed by atoms with Crippen LogP contribution in [0.5, 0.6) is 0 Å². The molecule has 4 unspecified atom stereocenters. The highest BCUT2D eigenvalue weighted by Crippen LogP contribution is 2.51. The maximum atomic E-state index is 5.57. The van der Waals surface area contributed by atoms with Gasteiger partial charge in [-0.3, -0.25) is 0 Å². The zero-order valence-electron chi connectivity index (χ0n) is 25.5. The van der Waals surface area contributed by atoms with E-state index in [1.807, 2.05) is 12.3 Å². The van der Waals surface area contributed by atoms with Gasteiger partial charge in [-0.2, -0.15) is 0 Å². The molecule has 36 heavy (non-hydrogen) atoms. The Morgan fingerprint density at radius 1 is 0.917 bits per heavy atom. The molecule has 0 N–H and O–H groups in total. The van der Waals surface area contributed by atoms with Gasteiger partial charge in [0.1, 0.15) is 5.76 Å². The van der Waals surface area contributed by atoms with E-state index in [-0.39, 0.29) is 0 Å². The lowest BCUT2D eigenvalue weighted by atomic mass is 9.60. The first-order valence-electron chi connectivity index (χ1n) is 16.1. The largest absolute Gasteiger partial charge is 0.469 e. The van der Waals surface area contributed by atoms with Crippen molar-refractivity contribution in [3.8, 4) is 0 Å². The van der Waals surface area contributed by atoms with E-state index in [2.05, 4.69) is 54.5 Å². The molecule has 0 radical (unpaired) electrons. The van der Waals surface area contributed by atoms with Crippen LogP contribution in [0.3, 0.4) is 0 Å². The van der Waals surface area contributed by atoms with Crippen LogP contribution in [0, 0.1) is 39.9 Å². The summed E-state index contributed by atoms with van der Waals surface area (Å²) < 4.78 is 5.57. The molecule has 1 aromatic rings. The van der Waals surface area contributed by atoms with E-state index < -0.39 is 0 Å². The van der Waals surface area contributed by atoms with Gasteiger partial charge in [-0.15, -0.1) is 0 Å². The quantitative estimate of drug-likeness (QED) is 0.248. The van der Waals surface area contributed by atoms with Crippen LogP contribution >= 0.6 is 0 Å². The lowest BCUT2D eigenvalue weighted by Crippen LogP contribution is -2.35. The molecule has 1 aromatic heterocycles. The number of hydrogen-bond donors (Lipinski definition) is 0. The Morgan fingerprint density at radius 2 is 1.64 bits per heavy atom. The summed E-state index contributed by atoms with van der Waals surface area (Å²) in [5.74, 6) is 4.87. The van der Waals surface area contributed by atoms with Crippen molar-refractivity contribution < 1.29 is 4.42 Å². The van der Waals surface area contributed by atoms with Crippen molar-refractivity contribution in [2.45, 2.75) is 158 Å². The normalized spacial score (nSPS) is 25.0. The van der Waals surface area contributed by atoms with Gasteiger partial charge in [-0.05, 0) is 116 Å². The van der Waals surface area contributed by atoms with Gasteiger partial charge >= 0.3 is 0 Å². The molecule has 0 spiro atoms. The molecule has 1 nitrogen and oxygen atoms in total. The summed E-state index contributed by atoms with van der Waals surface area (Å²) in [7, 11) is 0. The summed E-state index contributed by atoms with van der Waals surface area (Å²) >= 11 is 0. The van der Waals surface area contributed by atoms with E-state index in [1.54, 1.807) is 0 Å². The topological polar surface area (TPSA) is 13.1 Å². The second-order valence-electron chi connectivity index (χ2n) is 15.2. The fourth-order valence-electron chi connectivity index (χ4n) is 8.67. The van der Waals surface area contributed by atoms with E-state index in [9.17, 15) is 0 Å². The van der Waals surface area contributed by atoms with Gasteiger partial charge in [0.15, 0.2) is 0 Å². The average molecular weight is 499 g/mol. The van der Waals surface area contributed by atoms with Crippen LogP contribution in [-0.4, -0.2) is 0 Å². The minimum Gasteiger partial charge on any atom is -0.469 e. The molecule has 0 amide bonds. The monoisotopic (exact) mass is 498 g/mol. The minimum atomic E-state index is 0.402. The molecule has 2 aliphatic carbocycles. The first-order chi connectivity index (χ1) is 17.0. The molecular weight excluding hydrogens is 436 g/mol. The number of aryl methyl sites for hydroxylation is 1. The molecule has 2 saturated carbocycles. The third-order valence-corrected chi connectivity index (χ3v) is 10.9. The molecule has 0 bridgehead atoms. The van der Waals surface area contributed by atoms with Gasteiger partial charge in [0, 0.05) is 6.42 Å². The number of hydrogen-bond acceptors (Lipinski definition) is 1. The molecular formula is C35H62O. The zero-order valence-corrected chi connectivity index (χ0v) is 25.5. The van der Waals surface area contributed by atoms with Crippen molar-refractivity contribution in [3.05, 3.63) is 24.2 Å². The highest BCUT2D eigenvalue weighted by atomic mass is 16.3. The van der Waals surface area contributed by atoms with E-state index in [4.69, 9.17) is 4.42 Å². The summed E-state index contributed by atoms with van der Waals surface area (Å²) in [5, 5.41) is 0. The van der Waals surface area contributed by atoms with Crippen LogP contribution in [0.15, 0.2) is 22.8 Å². The van der Waals surface area contributed by atoms with Crippen molar-refractivity contribution >= 4 is 0 Å². The Balaban J connectivity index is 1.53. The predicted molar refractivity (Wildman–Crippen MR) is 157 cm³/mol.